The Morgan fingerprint density at radius 2 is 2.05 bits per heavy atom. The zero-order chi connectivity index (χ0) is 15.7. The highest BCUT2D eigenvalue weighted by molar-refractivity contribution is 5.94. The summed E-state index contributed by atoms with van der Waals surface area (Å²) in [4.78, 5) is 27.5. The minimum atomic E-state index is -0.577. The van der Waals surface area contributed by atoms with Gasteiger partial charge in [0.15, 0.2) is 0 Å². The van der Waals surface area contributed by atoms with Gasteiger partial charge in [-0.15, -0.1) is 0 Å². The van der Waals surface area contributed by atoms with Crippen LogP contribution in [0.2, 0.25) is 0 Å². The zero-order valence-electron chi connectivity index (χ0n) is 12.4. The first-order chi connectivity index (χ1) is 10.5. The van der Waals surface area contributed by atoms with Gasteiger partial charge in [-0.05, 0) is 37.1 Å². The molecular formula is C16H17N3O3. The number of rotatable bonds is 1. The van der Waals surface area contributed by atoms with Crippen molar-refractivity contribution in [1.29, 1.82) is 5.26 Å². The number of likely N-dealkylation sites (tertiary alicyclic amines) is 1. The molecule has 0 aliphatic carbocycles. The summed E-state index contributed by atoms with van der Waals surface area (Å²) in [6.45, 7) is 1.59. The molecule has 0 aromatic heterocycles. The Morgan fingerprint density at radius 1 is 1.32 bits per heavy atom. The summed E-state index contributed by atoms with van der Waals surface area (Å²) in [7, 11) is 1.71. The van der Waals surface area contributed by atoms with E-state index in [1.165, 1.54) is 0 Å². The van der Waals surface area contributed by atoms with Crippen LogP contribution in [-0.4, -0.2) is 54.1 Å². The first-order valence-corrected chi connectivity index (χ1v) is 7.27. The van der Waals surface area contributed by atoms with Crippen molar-refractivity contribution >= 4 is 12.0 Å². The van der Waals surface area contributed by atoms with Crippen molar-refractivity contribution in [3.05, 3.63) is 35.4 Å². The largest absolute Gasteiger partial charge is 0.439 e. The van der Waals surface area contributed by atoms with Gasteiger partial charge in [0.25, 0.3) is 5.91 Å². The van der Waals surface area contributed by atoms with Crippen LogP contribution in [0.5, 0.6) is 0 Å². The molecule has 2 amide bonds. The zero-order valence-corrected chi connectivity index (χ0v) is 12.4. The number of hydrogen-bond acceptors (Lipinski definition) is 4. The predicted octanol–water partition coefficient (Wildman–Crippen LogP) is 1.62. The number of carbonyl (C=O) groups excluding carboxylic acids is 2. The summed E-state index contributed by atoms with van der Waals surface area (Å²) in [6, 6.07) is 8.63. The Labute approximate surface area is 128 Å². The van der Waals surface area contributed by atoms with Gasteiger partial charge < -0.3 is 14.5 Å². The van der Waals surface area contributed by atoms with Crippen molar-refractivity contribution in [2.75, 3.05) is 26.7 Å². The molecule has 6 nitrogen and oxygen atoms in total. The van der Waals surface area contributed by atoms with Crippen molar-refractivity contribution < 1.29 is 14.3 Å². The van der Waals surface area contributed by atoms with E-state index in [-0.39, 0.29) is 12.0 Å². The molecule has 0 unspecified atom stereocenters. The summed E-state index contributed by atoms with van der Waals surface area (Å²) < 4.78 is 5.50. The molecule has 1 atom stereocenters. The second kappa shape index (κ2) is 5.34. The van der Waals surface area contributed by atoms with Gasteiger partial charge in [0.2, 0.25) is 0 Å². The van der Waals surface area contributed by atoms with Crippen LogP contribution in [0.3, 0.4) is 0 Å². The molecule has 2 fully saturated rings. The molecule has 0 N–H and O–H groups in total. The molecule has 1 spiro atoms. The van der Waals surface area contributed by atoms with E-state index in [9.17, 15) is 9.59 Å². The molecule has 2 aliphatic rings. The quantitative estimate of drug-likeness (QED) is 0.789. The highest BCUT2D eigenvalue weighted by atomic mass is 16.6. The van der Waals surface area contributed by atoms with Gasteiger partial charge in [0.1, 0.15) is 5.60 Å². The van der Waals surface area contributed by atoms with Crippen LogP contribution in [0.25, 0.3) is 0 Å². The Balaban J connectivity index is 1.75. The molecule has 0 bridgehead atoms. The van der Waals surface area contributed by atoms with Gasteiger partial charge in [-0.3, -0.25) is 4.79 Å². The van der Waals surface area contributed by atoms with Gasteiger partial charge in [-0.2, -0.15) is 5.26 Å². The van der Waals surface area contributed by atoms with Crippen LogP contribution in [0.4, 0.5) is 4.79 Å². The molecule has 22 heavy (non-hydrogen) atoms. The average Bonchev–Trinajstić information content (AvgIpc) is 2.80. The molecule has 2 heterocycles. The summed E-state index contributed by atoms with van der Waals surface area (Å²) in [5.41, 5.74) is 0.499. The van der Waals surface area contributed by atoms with Gasteiger partial charge in [-0.25, -0.2) is 4.79 Å². The Hall–Kier alpha value is -2.55. The van der Waals surface area contributed by atoms with Crippen LogP contribution >= 0.6 is 0 Å². The molecule has 0 saturated carbocycles. The molecule has 1 aromatic carbocycles. The van der Waals surface area contributed by atoms with Gasteiger partial charge in [0, 0.05) is 19.2 Å². The average molecular weight is 299 g/mol. The molecule has 114 valence electrons. The number of nitriles is 1. The van der Waals surface area contributed by atoms with Crippen LogP contribution < -0.4 is 0 Å². The summed E-state index contributed by atoms with van der Waals surface area (Å²) in [5, 5.41) is 8.81. The first-order valence-electron chi connectivity index (χ1n) is 7.27. The van der Waals surface area contributed by atoms with E-state index in [0.29, 0.717) is 30.8 Å². The molecular weight excluding hydrogens is 282 g/mol. The van der Waals surface area contributed by atoms with Crippen molar-refractivity contribution in [1.82, 2.24) is 9.80 Å². The van der Waals surface area contributed by atoms with Crippen molar-refractivity contribution in [2.45, 2.75) is 18.4 Å². The molecule has 3 rings (SSSR count). The number of carbonyl (C=O) groups is 2. The van der Waals surface area contributed by atoms with Crippen LogP contribution in [0, 0.1) is 11.3 Å². The fourth-order valence-corrected chi connectivity index (χ4v) is 3.15. The van der Waals surface area contributed by atoms with E-state index < -0.39 is 5.60 Å². The van der Waals surface area contributed by atoms with Crippen molar-refractivity contribution in [3.63, 3.8) is 0 Å². The topological polar surface area (TPSA) is 73.6 Å². The lowest BCUT2D eigenvalue weighted by Gasteiger charge is -2.38. The maximum Gasteiger partial charge on any atom is 0.410 e. The predicted molar refractivity (Wildman–Crippen MR) is 78.1 cm³/mol. The van der Waals surface area contributed by atoms with Gasteiger partial charge in [-0.1, -0.05) is 0 Å². The molecule has 2 aliphatic heterocycles. The Kier molecular flexibility index (Phi) is 3.49. The van der Waals surface area contributed by atoms with E-state index in [2.05, 4.69) is 0 Å². The van der Waals surface area contributed by atoms with E-state index in [1.54, 1.807) is 41.1 Å². The molecule has 2 saturated heterocycles. The third-order valence-corrected chi connectivity index (χ3v) is 4.23. The lowest BCUT2D eigenvalue weighted by atomic mass is 9.92. The first kappa shape index (κ1) is 14.4. The van der Waals surface area contributed by atoms with Crippen LogP contribution in [0.15, 0.2) is 24.3 Å². The third-order valence-electron chi connectivity index (χ3n) is 4.23. The minimum absolute atomic E-state index is 0.0887. The Bertz CT molecular complexity index is 650. The second-order valence-electron chi connectivity index (χ2n) is 5.93. The maximum absolute atomic E-state index is 12.6. The van der Waals surface area contributed by atoms with Crippen molar-refractivity contribution in [2.24, 2.45) is 0 Å². The van der Waals surface area contributed by atoms with E-state index in [0.717, 1.165) is 12.8 Å². The standard InChI is InChI=1S/C16H17N3O3/c1-18-10-16(22-15(18)21)7-2-8-19(11-16)14(20)13-5-3-12(9-17)4-6-13/h3-6H,2,7-8,10-11H2,1H3/t16-/m1/s1. The number of amides is 2. The summed E-state index contributed by atoms with van der Waals surface area (Å²) in [6.07, 6.45) is 1.26. The highest BCUT2D eigenvalue weighted by Gasteiger charge is 2.47. The van der Waals surface area contributed by atoms with Crippen molar-refractivity contribution in [3.8, 4) is 6.07 Å². The van der Waals surface area contributed by atoms with Crippen LogP contribution in [-0.2, 0) is 4.74 Å². The van der Waals surface area contributed by atoms with Gasteiger partial charge >= 0.3 is 6.09 Å². The smallest absolute Gasteiger partial charge is 0.410 e. The lowest BCUT2D eigenvalue weighted by molar-refractivity contribution is -0.00521. The normalized spacial score (nSPS) is 24.3. The second-order valence-corrected chi connectivity index (χ2v) is 5.93. The molecule has 1 aromatic rings. The van der Waals surface area contributed by atoms with Gasteiger partial charge in [0.05, 0.1) is 24.7 Å². The summed E-state index contributed by atoms with van der Waals surface area (Å²) in [5.74, 6) is -0.0887. The number of hydrogen-bond donors (Lipinski definition) is 0. The third kappa shape index (κ3) is 2.50. The minimum Gasteiger partial charge on any atom is -0.439 e. The maximum atomic E-state index is 12.6. The van der Waals surface area contributed by atoms with E-state index in [4.69, 9.17) is 10.00 Å². The fourth-order valence-electron chi connectivity index (χ4n) is 3.15. The fraction of sp³-hybridized carbons (Fsp3) is 0.438. The van der Waals surface area contributed by atoms with E-state index >= 15 is 0 Å². The SMILES string of the molecule is CN1C[C@@]2(CCCN(C(=O)c3ccc(C#N)cc3)C2)OC1=O. The van der Waals surface area contributed by atoms with E-state index in [1.807, 2.05) is 6.07 Å². The highest BCUT2D eigenvalue weighted by Crippen LogP contribution is 2.31. The summed E-state index contributed by atoms with van der Waals surface area (Å²) >= 11 is 0. The monoisotopic (exact) mass is 299 g/mol. The Morgan fingerprint density at radius 3 is 2.64 bits per heavy atom. The number of benzene rings is 1. The number of piperidine rings is 1. The number of likely N-dealkylation sites (N-methyl/N-ethyl adjacent to an activating group) is 1. The molecule has 6 heteroatoms. The van der Waals surface area contributed by atoms with Crippen LogP contribution in [0.1, 0.15) is 28.8 Å². The number of nitrogens with zero attached hydrogens (tertiary/aromatic N) is 3. The lowest BCUT2D eigenvalue weighted by Crippen LogP contribution is -2.52. The molecule has 0 radical (unpaired) electrons. The number of ether oxygens (including phenoxy) is 1.